The van der Waals surface area contributed by atoms with Gasteiger partial charge in [-0.2, -0.15) is 5.10 Å². The van der Waals surface area contributed by atoms with E-state index >= 15 is 0 Å². The number of rotatable bonds is 3. The van der Waals surface area contributed by atoms with Gasteiger partial charge in [-0.1, -0.05) is 15.9 Å². The Morgan fingerprint density at radius 2 is 2.06 bits per heavy atom. The monoisotopic (exact) mass is 328 g/mol. The van der Waals surface area contributed by atoms with Gasteiger partial charge in [0.2, 0.25) is 0 Å². The summed E-state index contributed by atoms with van der Waals surface area (Å²) in [6.45, 7) is 1.81. The number of aryl methyl sites for hydroxylation is 1. The van der Waals surface area contributed by atoms with E-state index in [1.807, 2.05) is 6.92 Å². The molecule has 6 nitrogen and oxygen atoms in total. The molecule has 0 bridgehead atoms. The van der Waals surface area contributed by atoms with Crippen LogP contribution in [0.5, 0.6) is 0 Å². The van der Waals surface area contributed by atoms with Crippen molar-refractivity contribution in [3.8, 4) is 0 Å². The largest absolute Gasteiger partial charge is 0.264 e. The van der Waals surface area contributed by atoms with Gasteiger partial charge in [-0.3, -0.25) is 0 Å². The van der Waals surface area contributed by atoms with Gasteiger partial charge in [0.25, 0.3) is 16.0 Å². The van der Waals surface area contributed by atoms with Crippen molar-refractivity contribution >= 4 is 31.9 Å². The topological polar surface area (TPSA) is 84.8 Å². The summed E-state index contributed by atoms with van der Waals surface area (Å²) in [5.41, 5.74) is 0.824. The molecule has 18 heavy (non-hydrogen) atoms. The maximum absolute atomic E-state index is 12.0. The molecule has 0 fully saturated rings. The molecule has 94 valence electrons. The number of hydrogen-bond donors (Lipinski definition) is 1. The van der Waals surface area contributed by atoms with Gasteiger partial charge in [-0.15, -0.1) is 5.10 Å². The van der Waals surface area contributed by atoms with E-state index in [9.17, 15) is 8.42 Å². The maximum Gasteiger partial charge on any atom is 0.264 e. The highest BCUT2D eigenvalue weighted by Crippen LogP contribution is 2.20. The van der Waals surface area contributed by atoms with Crippen LogP contribution in [0.3, 0.4) is 0 Å². The van der Waals surface area contributed by atoms with E-state index in [1.54, 1.807) is 12.1 Å². The van der Waals surface area contributed by atoms with E-state index in [4.69, 9.17) is 0 Å². The van der Waals surface area contributed by atoms with Gasteiger partial charge < -0.3 is 0 Å². The molecular weight excluding hydrogens is 320 g/mol. The van der Waals surface area contributed by atoms with Crippen LogP contribution in [0.25, 0.3) is 0 Å². The molecule has 2 rings (SSSR count). The second-order valence-corrected chi connectivity index (χ2v) is 6.02. The van der Waals surface area contributed by atoms with Gasteiger partial charge in [0.1, 0.15) is 0 Å². The molecule has 0 radical (unpaired) electrons. The van der Waals surface area contributed by atoms with Crippen molar-refractivity contribution in [2.75, 3.05) is 4.72 Å². The number of hydrogen-bond acceptors (Lipinski definition) is 5. The van der Waals surface area contributed by atoms with Crippen molar-refractivity contribution in [1.29, 1.82) is 0 Å². The summed E-state index contributed by atoms with van der Waals surface area (Å²) in [6.07, 6.45) is 2.72. The molecule has 0 saturated carbocycles. The molecule has 1 aromatic heterocycles. The van der Waals surface area contributed by atoms with E-state index in [2.05, 4.69) is 35.8 Å². The third-order valence-electron chi connectivity index (χ3n) is 2.15. The van der Waals surface area contributed by atoms with E-state index in [0.717, 1.165) is 10.0 Å². The van der Waals surface area contributed by atoms with Gasteiger partial charge in [0.05, 0.1) is 17.3 Å². The smallest absolute Gasteiger partial charge is 0.246 e. The lowest BCUT2D eigenvalue weighted by Gasteiger charge is -2.07. The van der Waals surface area contributed by atoms with Crippen LogP contribution in [-0.2, 0) is 10.0 Å². The number of sulfonamides is 1. The van der Waals surface area contributed by atoms with Crippen molar-refractivity contribution in [3.63, 3.8) is 0 Å². The molecule has 0 atom stereocenters. The van der Waals surface area contributed by atoms with E-state index in [-0.39, 0.29) is 10.8 Å². The highest BCUT2D eigenvalue weighted by molar-refractivity contribution is 9.10. The molecule has 0 unspecified atom stereocenters. The molecule has 0 amide bonds. The number of nitrogens with one attached hydrogen (secondary N) is 1. The number of halogens is 1. The second kappa shape index (κ2) is 4.99. The summed E-state index contributed by atoms with van der Waals surface area (Å²) in [7, 11) is -3.69. The van der Waals surface area contributed by atoms with Crippen LogP contribution in [0, 0.1) is 6.92 Å². The third kappa shape index (κ3) is 2.82. The molecule has 1 N–H and O–H groups in total. The van der Waals surface area contributed by atoms with E-state index in [0.29, 0.717) is 0 Å². The molecule has 0 spiro atoms. The molecule has 2 aromatic rings. The number of aromatic nitrogens is 3. The Bertz CT molecular complexity index is 661. The van der Waals surface area contributed by atoms with Crippen molar-refractivity contribution in [1.82, 2.24) is 15.2 Å². The van der Waals surface area contributed by atoms with Gasteiger partial charge in [-0.25, -0.2) is 18.1 Å². The Balaban J connectivity index is 2.34. The zero-order valence-corrected chi connectivity index (χ0v) is 11.7. The molecule has 1 aromatic carbocycles. The molecule has 8 heteroatoms. The molecule has 0 aliphatic rings. The first-order valence-corrected chi connectivity index (χ1v) is 7.19. The van der Waals surface area contributed by atoms with Gasteiger partial charge in [-0.05, 0) is 30.7 Å². The second-order valence-electron chi connectivity index (χ2n) is 3.48. The normalized spacial score (nSPS) is 11.2. The zero-order valence-electron chi connectivity index (χ0n) is 9.33. The lowest BCUT2D eigenvalue weighted by atomic mass is 10.2. The number of anilines is 1. The SMILES string of the molecule is Cc1cc(S(=O)(=O)Nc2nccnn2)ccc1Br. The summed E-state index contributed by atoms with van der Waals surface area (Å²) < 4.78 is 27.2. The average Bonchev–Trinajstić information content (AvgIpc) is 2.33. The first-order chi connectivity index (χ1) is 8.49. The van der Waals surface area contributed by atoms with Crippen LogP contribution in [0.1, 0.15) is 5.56 Å². The Morgan fingerprint density at radius 3 is 2.67 bits per heavy atom. The fourth-order valence-electron chi connectivity index (χ4n) is 1.26. The maximum atomic E-state index is 12.0. The van der Waals surface area contributed by atoms with Crippen LogP contribution < -0.4 is 4.72 Å². The predicted molar refractivity (Wildman–Crippen MR) is 69.5 cm³/mol. The van der Waals surface area contributed by atoms with Gasteiger partial charge >= 0.3 is 0 Å². The summed E-state index contributed by atoms with van der Waals surface area (Å²) in [5, 5.41) is 7.12. The minimum atomic E-state index is -3.69. The fraction of sp³-hybridized carbons (Fsp3) is 0.100. The fourth-order valence-corrected chi connectivity index (χ4v) is 2.54. The molecule has 0 aliphatic heterocycles. The summed E-state index contributed by atoms with van der Waals surface area (Å²) >= 11 is 3.31. The quantitative estimate of drug-likeness (QED) is 0.927. The van der Waals surface area contributed by atoms with Crippen LogP contribution in [-0.4, -0.2) is 23.6 Å². The number of nitrogens with zero attached hydrogens (tertiary/aromatic N) is 3. The molecule has 0 saturated heterocycles. The lowest BCUT2D eigenvalue weighted by Crippen LogP contribution is -2.15. The van der Waals surface area contributed by atoms with Crippen LogP contribution >= 0.6 is 15.9 Å². The highest BCUT2D eigenvalue weighted by Gasteiger charge is 2.16. The Hall–Kier alpha value is -1.54. The van der Waals surface area contributed by atoms with Crippen molar-refractivity contribution in [3.05, 3.63) is 40.6 Å². The van der Waals surface area contributed by atoms with E-state index in [1.165, 1.54) is 18.5 Å². The summed E-state index contributed by atoms with van der Waals surface area (Å²) in [5.74, 6) is -0.0573. The third-order valence-corrected chi connectivity index (χ3v) is 4.36. The van der Waals surface area contributed by atoms with E-state index < -0.39 is 10.0 Å². The molecular formula is C10H9BrN4O2S. The lowest BCUT2D eigenvalue weighted by molar-refractivity contribution is 0.600. The standard InChI is InChI=1S/C10H9BrN4O2S/c1-7-6-8(2-3-9(7)11)18(16,17)15-10-12-4-5-13-14-10/h2-6H,1H3,(H,12,14,15). The number of benzene rings is 1. The average molecular weight is 329 g/mol. The van der Waals surface area contributed by atoms with Crippen LogP contribution in [0.15, 0.2) is 40.0 Å². The van der Waals surface area contributed by atoms with Crippen LogP contribution in [0.4, 0.5) is 5.95 Å². The van der Waals surface area contributed by atoms with Crippen molar-refractivity contribution in [2.24, 2.45) is 0 Å². The van der Waals surface area contributed by atoms with Crippen LogP contribution in [0.2, 0.25) is 0 Å². The first kappa shape index (κ1) is 12.9. The van der Waals surface area contributed by atoms with Gasteiger partial charge in [0.15, 0.2) is 0 Å². The first-order valence-electron chi connectivity index (χ1n) is 4.92. The highest BCUT2D eigenvalue weighted by atomic mass is 79.9. The minimum Gasteiger partial charge on any atom is -0.246 e. The Labute approximate surface area is 113 Å². The summed E-state index contributed by atoms with van der Waals surface area (Å²) in [4.78, 5) is 3.91. The van der Waals surface area contributed by atoms with Gasteiger partial charge in [0, 0.05) is 4.47 Å². The minimum absolute atomic E-state index is 0.0573. The molecule has 1 heterocycles. The van der Waals surface area contributed by atoms with Crippen molar-refractivity contribution < 1.29 is 8.42 Å². The zero-order chi connectivity index (χ0) is 13.2. The Morgan fingerprint density at radius 1 is 1.28 bits per heavy atom. The Kier molecular flexibility index (Phi) is 3.58. The predicted octanol–water partition coefficient (Wildman–Crippen LogP) is 1.74. The molecule has 0 aliphatic carbocycles. The van der Waals surface area contributed by atoms with Crippen molar-refractivity contribution in [2.45, 2.75) is 11.8 Å². The summed E-state index contributed by atoms with van der Waals surface area (Å²) in [6, 6.07) is 4.73.